The van der Waals surface area contributed by atoms with Crippen LogP contribution in [0.15, 0.2) is 47.2 Å². The van der Waals surface area contributed by atoms with Gasteiger partial charge in [0.1, 0.15) is 12.4 Å². The van der Waals surface area contributed by atoms with Crippen molar-refractivity contribution in [2.75, 3.05) is 18.4 Å². The number of aromatic nitrogens is 1. The number of nitrogens with zero attached hydrogens (tertiary/aromatic N) is 2. The highest BCUT2D eigenvalue weighted by Gasteiger charge is 2.22. The van der Waals surface area contributed by atoms with Crippen molar-refractivity contribution in [2.24, 2.45) is 0 Å². The van der Waals surface area contributed by atoms with E-state index < -0.39 is 6.10 Å². The molecule has 0 bridgehead atoms. The van der Waals surface area contributed by atoms with Crippen LogP contribution in [0.3, 0.4) is 0 Å². The number of benzene rings is 2. The molecule has 1 fully saturated rings. The SMILES string of the molecule is Cc1ncoc1COc1ccc2c(c1C)CCN(C[C@@H](O)CCC(=O)c1cccc(NC3CCC3)c1)C2. The maximum Gasteiger partial charge on any atom is 0.181 e. The van der Waals surface area contributed by atoms with E-state index >= 15 is 0 Å². The number of oxazole rings is 1. The molecule has 1 aliphatic heterocycles. The topological polar surface area (TPSA) is 87.8 Å². The molecule has 0 saturated heterocycles. The molecule has 1 atom stereocenters. The van der Waals surface area contributed by atoms with Gasteiger partial charge in [0.15, 0.2) is 17.9 Å². The number of rotatable bonds is 11. The molecule has 1 aromatic heterocycles. The lowest BCUT2D eigenvalue weighted by molar-refractivity contribution is 0.0836. The number of nitrogens with one attached hydrogen (secondary N) is 1. The fraction of sp³-hybridized carbons (Fsp3) is 0.467. The Labute approximate surface area is 218 Å². The summed E-state index contributed by atoms with van der Waals surface area (Å²) in [5, 5.41) is 14.2. The van der Waals surface area contributed by atoms with Crippen LogP contribution in [0.5, 0.6) is 5.75 Å². The molecule has 2 heterocycles. The van der Waals surface area contributed by atoms with Crippen LogP contribution in [0.2, 0.25) is 0 Å². The van der Waals surface area contributed by atoms with Gasteiger partial charge in [-0.1, -0.05) is 18.2 Å². The maximum atomic E-state index is 12.8. The van der Waals surface area contributed by atoms with Crippen LogP contribution >= 0.6 is 0 Å². The number of aliphatic hydroxyl groups excluding tert-OH is 1. The molecule has 1 aliphatic carbocycles. The van der Waals surface area contributed by atoms with Gasteiger partial charge in [0.2, 0.25) is 0 Å². The normalized spacial score (nSPS) is 16.6. The minimum Gasteiger partial charge on any atom is -0.485 e. The van der Waals surface area contributed by atoms with E-state index in [1.54, 1.807) is 0 Å². The van der Waals surface area contributed by atoms with Gasteiger partial charge in [0.05, 0.1) is 11.8 Å². The van der Waals surface area contributed by atoms with E-state index in [4.69, 9.17) is 9.15 Å². The number of aryl methyl sites for hydroxylation is 1. The Morgan fingerprint density at radius 1 is 1.27 bits per heavy atom. The molecule has 0 unspecified atom stereocenters. The van der Waals surface area contributed by atoms with Crippen molar-refractivity contribution in [3.63, 3.8) is 0 Å². The number of β-amino-alcohol motifs (C(OH)–C–C–N with tert-alkyl or cyclic N) is 1. The summed E-state index contributed by atoms with van der Waals surface area (Å²) < 4.78 is 11.4. The average molecular weight is 504 g/mol. The quantitative estimate of drug-likeness (QED) is 0.347. The zero-order valence-electron chi connectivity index (χ0n) is 21.8. The molecule has 2 N–H and O–H groups in total. The standard InChI is InChI=1S/C30H37N3O4/c1-20-27-13-14-33(16-23(27)9-12-29(20)36-18-30-21(2)31-19-37-30)17-26(34)10-11-28(35)22-5-3-8-25(15-22)32-24-6-4-7-24/h3,5,8-9,12,15,19,24,26,32,34H,4,6-7,10-11,13-14,16-18H2,1-2H3/t26-/m0/s1. The highest BCUT2D eigenvalue weighted by atomic mass is 16.5. The van der Waals surface area contributed by atoms with Crippen LogP contribution in [0.4, 0.5) is 5.69 Å². The van der Waals surface area contributed by atoms with Crippen LogP contribution in [-0.2, 0) is 19.6 Å². The summed E-state index contributed by atoms with van der Waals surface area (Å²) in [4.78, 5) is 19.2. The first-order chi connectivity index (χ1) is 18.0. The molecule has 2 aromatic carbocycles. The van der Waals surface area contributed by atoms with Crippen molar-refractivity contribution in [2.45, 2.75) is 77.7 Å². The first-order valence-electron chi connectivity index (χ1n) is 13.4. The summed E-state index contributed by atoms with van der Waals surface area (Å²) in [6, 6.07) is 12.4. The molecule has 1 saturated carbocycles. The Morgan fingerprint density at radius 3 is 2.89 bits per heavy atom. The van der Waals surface area contributed by atoms with E-state index in [0.717, 1.165) is 53.5 Å². The van der Waals surface area contributed by atoms with Gasteiger partial charge in [-0.3, -0.25) is 9.69 Å². The van der Waals surface area contributed by atoms with Gasteiger partial charge in [-0.15, -0.1) is 0 Å². The monoisotopic (exact) mass is 503 g/mol. The van der Waals surface area contributed by atoms with Crippen molar-refractivity contribution < 1.29 is 19.1 Å². The first kappa shape index (κ1) is 25.5. The minimum atomic E-state index is -0.532. The largest absolute Gasteiger partial charge is 0.485 e. The molecule has 7 heteroatoms. The molecule has 2 aliphatic rings. The van der Waals surface area contributed by atoms with Crippen LogP contribution in [0.25, 0.3) is 0 Å². The zero-order valence-corrected chi connectivity index (χ0v) is 21.8. The molecule has 0 spiro atoms. The second kappa shape index (κ2) is 11.5. The van der Waals surface area contributed by atoms with Crippen LogP contribution in [0.1, 0.15) is 70.6 Å². The van der Waals surface area contributed by atoms with E-state index in [-0.39, 0.29) is 5.78 Å². The highest BCUT2D eigenvalue weighted by molar-refractivity contribution is 5.96. The Bertz CT molecular complexity index is 1230. The van der Waals surface area contributed by atoms with E-state index in [1.165, 1.54) is 36.8 Å². The van der Waals surface area contributed by atoms with E-state index in [0.29, 0.717) is 32.0 Å². The molecule has 196 valence electrons. The van der Waals surface area contributed by atoms with Crippen molar-refractivity contribution in [3.8, 4) is 5.75 Å². The lowest BCUT2D eigenvalue weighted by atomic mass is 9.93. The number of fused-ring (bicyclic) bond motifs is 1. The van der Waals surface area contributed by atoms with Crippen molar-refractivity contribution in [3.05, 3.63) is 76.5 Å². The summed E-state index contributed by atoms with van der Waals surface area (Å²) >= 11 is 0. The van der Waals surface area contributed by atoms with Crippen LogP contribution in [-0.4, -0.2) is 46.0 Å². The van der Waals surface area contributed by atoms with Gasteiger partial charge < -0.3 is 19.6 Å². The smallest absolute Gasteiger partial charge is 0.181 e. The second-order valence-electron chi connectivity index (χ2n) is 10.4. The number of ketones is 1. The zero-order chi connectivity index (χ0) is 25.8. The number of carbonyl (C=O) groups is 1. The summed E-state index contributed by atoms with van der Waals surface area (Å²) in [7, 11) is 0. The van der Waals surface area contributed by atoms with Crippen LogP contribution in [0, 0.1) is 13.8 Å². The number of ether oxygens (including phenoxy) is 1. The third-order valence-electron chi connectivity index (χ3n) is 7.76. The van der Waals surface area contributed by atoms with E-state index in [2.05, 4.69) is 28.2 Å². The summed E-state index contributed by atoms with van der Waals surface area (Å²) in [6.07, 6.45) is 6.31. The highest BCUT2D eigenvalue weighted by Crippen LogP contribution is 2.30. The summed E-state index contributed by atoms with van der Waals surface area (Å²) in [5.74, 6) is 1.70. The fourth-order valence-corrected chi connectivity index (χ4v) is 5.20. The lowest BCUT2D eigenvalue weighted by Gasteiger charge is -2.31. The number of carbonyl (C=O) groups excluding carboxylic acids is 1. The van der Waals surface area contributed by atoms with E-state index in [1.807, 2.05) is 37.3 Å². The number of hydrogen-bond acceptors (Lipinski definition) is 7. The average Bonchev–Trinajstić information content (AvgIpc) is 3.29. The number of Topliss-reactive ketones (excluding diaryl/α,β-unsaturated/α-hetero) is 1. The van der Waals surface area contributed by atoms with Gasteiger partial charge in [-0.2, -0.15) is 0 Å². The van der Waals surface area contributed by atoms with Crippen molar-refractivity contribution in [1.82, 2.24) is 9.88 Å². The van der Waals surface area contributed by atoms with Gasteiger partial charge in [0.25, 0.3) is 0 Å². The van der Waals surface area contributed by atoms with Gasteiger partial charge in [-0.25, -0.2) is 4.98 Å². The molecular weight excluding hydrogens is 466 g/mol. The van der Waals surface area contributed by atoms with Gasteiger partial charge in [0, 0.05) is 43.3 Å². The molecule has 0 radical (unpaired) electrons. The Morgan fingerprint density at radius 2 is 2.14 bits per heavy atom. The molecular formula is C30H37N3O4. The third-order valence-corrected chi connectivity index (χ3v) is 7.76. The maximum absolute atomic E-state index is 12.8. The fourth-order valence-electron chi connectivity index (χ4n) is 5.20. The molecule has 3 aromatic rings. The number of hydrogen-bond donors (Lipinski definition) is 2. The summed E-state index contributed by atoms with van der Waals surface area (Å²) in [6.45, 7) is 6.61. The predicted molar refractivity (Wildman–Crippen MR) is 143 cm³/mol. The minimum absolute atomic E-state index is 0.0870. The second-order valence-corrected chi connectivity index (χ2v) is 10.4. The third kappa shape index (κ3) is 6.22. The van der Waals surface area contributed by atoms with Crippen molar-refractivity contribution >= 4 is 11.5 Å². The molecule has 0 amide bonds. The number of anilines is 1. The van der Waals surface area contributed by atoms with Crippen molar-refractivity contribution in [1.29, 1.82) is 0 Å². The van der Waals surface area contributed by atoms with E-state index in [9.17, 15) is 9.90 Å². The van der Waals surface area contributed by atoms with Gasteiger partial charge >= 0.3 is 0 Å². The first-order valence-corrected chi connectivity index (χ1v) is 13.4. The Hall–Kier alpha value is -3.16. The Balaban J connectivity index is 1.10. The summed E-state index contributed by atoms with van der Waals surface area (Å²) in [5.41, 5.74) is 6.33. The molecule has 5 rings (SSSR count). The van der Waals surface area contributed by atoms with Crippen LogP contribution < -0.4 is 10.1 Å². The van der Waals surface area contributed by atoms with Gasteiger partial charge in [-0.05, 0) is 80.8 Å². The number of aliphatic hydroxyl groups is 1. The predicted octanol–water partition coefficient (Wildman–Crippen LogP) is 5.22. The molecule has 7 nitrogen and oxygen atoms in total. The lowest BCUT2D eigenvalue weighted by Crippen LogP contribution is -2.37. The molecule has 37 heavy (non-hydrogen) atoms. The Kier molecular flexibility index (Phi) is 7.91.